The Bertz CT molecular complexity index is 371. The summed E-state index contributed by atoms with van der Waals surface area (Å²) in [5, 5.41) is 11.8. The van der Waals surface area contributed by atoms with Crippen LogP contribution in [-0.4, -0.2) is 17.5 Å². The van der Waals surface area contributed by atoms with E-state index in [4.69, 9.17) is 4.74 Å². The highest BCUT2D eigenvalue weighted by atomic mass is 32.1. The summed E-state index contributed by atoms with van der Waals surface area (Å²) in [5.74, 6) is -0.497. The predicted octanol–water partition coefficient (Wildman–Crippen LogP) is 2.14. The number of carbonyl (C=O) groups excluding carboxylic acids is 1. The van der Waals surface area contributed by atoms with Gasteiger partial charge in [-0.3, -0.25) is 10.1 Å². The molecule has 0 atom stereocenters. The number of thiophene rings is 1. The quantitative estimate of drug-likeness (QED) is 0.440. The number of rotatable bonds is 3. The standard InChI is InChI=1S/C8H9NO4S/c1-3-13-8(10)7-5(2)6(4-14-7)9(11)12/h4H,3H2,1-2H3. The first-order valence-electron chi connectivity index (χ1n) is 3.97. The first-order valence-corrected chi connectivity index (χ1v) is 4.85. The highest BCUT2D eigenvalue weighted by Gasteiger charge is 2.21. The van der Waals surface area contributed by atoms with Crippen molar-refractivity contribution in [1.29, 1.82) is 0 Å². The second-order valence-electron chi connectivity index (χ2n) is 2.55. The Morgan fingerprint density at radius 1 is 1.71 bits per heavy atom. The molecule has 0 spiro atoms. The van der Waals surface area contributed by atoms with Crippen molar-refractivity contribution in [3.63, 3.8) is 0 Å². The number of nitrogens with zero attached hydrogens (tertiary/aromatic N) is 1. The van der Waals surface area contributed by atoms with Gasteiger partial charge in [-0.05, 0) is 13.8 Å². The number of hydrogen-bond acceptors (Lipinski definition) is 5. The molecule has 6 heteroatoms. The Kier molecular flexibility index (Phi) is 3.19. The SMILES string of the molecule is CCOC(=O)c1scc([N+](=O)[O-])c1C. The molecule has 0 aliphatic heterocycles. The molecule has 1 aromatic heterocycles. The van der Waals surface area contributed by atoms with E-state index in [0.29, 0.717) is 10.4 Å². The summed E-state index contributed by atoms with van der Waals surface area (Å²) >= 11 is 1.04. The molecule has 5 nitrogen and oxygen atoms in total. The van der Waals surface area contributed by atoms with Gasteiger partial charge in [0.1, 0.15) is 4.88 Å². The van der Waals surface area contributed by atoms with Gasteiger partial charge in [0.25, 0.3) is 5.69 Å². The third-order valence-corrected chi connectivity index (χ3v) is 2.72. The van der Waals surface area contributed by atoms with Gasteiger partial charge < -0.3 is 4.74 Å². The van der Waals surface area contributed by atoms with Crippen molar-refractivity contribution in [2.45, 2.75) is 13.8 Å². The second kappa shape index (κ2) is 4.19. The Morgan fingerprint density at radius 3 is 2.79 bits per heavy atom. The lowest BCUT2D eigenvalue weighted by molar-refractivity contribution is -0.385. The minimum atomic E-state index is -0.505. The Morgan fingerprint density at radius 2 is 2.36 bits per heavy atom. The zero-order chi connectivity index (χ0) is 10.7. The fourth-order valence-electron chi connectivity index (χ4n) is 0.986. The predicted molar refractivity (Wildman–Crippen MR) is 51.7 cm³/mol. The third-order valence-electron chi connectivity index (χ3n) is 1.67. The van der Waals surface area contributed by atoms with E-state index in [2.05, 4.69) is 0 Å². The molecule has 14 heavy (non-hydrogen) atoms. The summed E-state index contributed by atoms with van der Waals surface area (Å²) in [6.07, 6.45) is 0. The monoisotopic (exact) mass is 215 g/mol. The van der Waals surface area contributed by atoms with Crippen molar-refractivity contribution in [1.82, 2.24) is 0 Å². The summed E-state index contributed by atoms with van der Waals surface area (Å²) in [6.45, 7) is 3.50. The van der Waals surface area contributed by atoms with Crippen molar-refractivity contribution < 1.29 is 14.5 Å². The highest BCUT2D eigenvalue weighted by Crippen LogP contribution is 2.28. The molecule has 0 bridgehead atoms. The van der Waals surface area contributed by atoms with E-state index < -0.39 is 10.9 Å². The molecule has 0 aliphatic rings. The van der Waals surface area contributed by atoms with Gasteiger partial charge in [-0.25, -0.2) is 4.79 Å². The molecule has 0 radical (unpaired) electrons. The van der Waals surface area contributed by atoms with Crippen molar-refractivity contribution >= 4 is 23.0 Å². The normalized spacial score (nSPS) is 9.86. The van der Waals surface area contributed by atoms with Gasteiger partial charge in [0, 0.05) is 0 Å². The van der Waals surface area contributed by atoms with Gasteiger partial charge in [-0.2, -0.15) is 0 Å². The van der Waals surface area contributed by atoms with Gasteiger partial charge in [-0.1, -0.05) is 0 Å². The topological polar surface area (TPSA) is 69.4 Å². The van der Waals surface area contributed by atoms with Gasteiger partial charge in [0.2, 0.25) is 0 Å². The molecule has 0 unspecified atom stereocenters. The average Bonchev–Trinajstić information content (AvgIpc) is 2.47. The van der Waals surface area contributed by atoms with Crippen LogP contribution in [0.5, 0.6) is 0 Å². The number of carbonyl (C=O) groups is 1. The summed E-state index contributed by atoms with van der Waals surface area (Å²) in [6, 6.07) is 0. The van der Waals surface area contributed by atoms with E-state index in [1.165, 1.54) is 5.38 Å². The van der Waals surface area contributed by atoms with Crippen LogP contribution < -0.4 is 0 Å². The average molecular weight is 215 g/mol. The van der Waals surface area contributed by atoms with E-state index in [0.717, 1.165) is 11.3 Å². The molecule has 0 N–H and O–H groups in total. The summed E-state index contributed by atoms with van der Waals surface area (Å²) < 4.78 is 4.75. The Hall–Kier alpha value is -1.43. The fourth-order valence-corrected chi connectivity index (χ4v) is 1.91. The van der Waals surface area contributed by atoms with Gasteiger partial charge in [-0.15, -0.1) is 11.3 Å². The molecule has 1 aromatic rings. The van der Waals surface area contributed by atoms with E-state index in [1.54, 1.807) is 13.8 Å². The Balaban J connectivity index is 3.00. The van der Waals surface area contributed by atoms with Crippen LogP contribution in [0.3, 0.4) is 0 Å². The molecule has 1 heterocycles. The minimum absolute atomic E-state index is 0.0296. The summed E-state index contributed by atoms with van der Waals surface area (Å²) in [7, 11) is 0. The zero-order valence-corrected chi connectivity index (χ0v) is 8.59. The maximum absolute atomic E-state index is 11.3. The first-order chi connectivity index (χ1) is 6.57. The lowest BCUT2D eigenvalue weighted by Gasteiger charge is -1.98. The largest absolute Gasteiger partial charge is 0.462 e. The van der Waals surface area contributed by atoms with Crippen LogP contribution in [0.25, 0.3) is 0 Å². The van der Waals surface area contributed by atoms with Crippen LogP contribution in [0, 0.1) is 17.0 Å². The van der Waals surface area contributed by atoms with E-state index in [9.17, 15) is 14.9 Å². The fraction of sp³-hybridized carbons (Fsp3) is 0.375. The molecule has 76 valence electrons. The lowest BCUT2D eigenvalue weighted by Crippen LogP contribution is -2.04. The van der Waals surface area contributed by atoms with E-state index in [1.807, 2.05) is 0 Å². The Labute approximate surface area is 84.5 Å². The molecule has 0 saturated heterocycles. The second-order valence-corrected chi connectivity index (χ2v) is 3.43. The molecule has 0 fully saturated rings. The van der Waals surface area contributed by atoms with Crippen molar-refractivity contribution in [2.24, 2.45) is 0 Å². The molecule has 0 amide bonds. The van der Waals surface area contributed by atoms with Crippen LogP contribution in [0.4, 0.5) is 5.69 Å². The maximum atomic E-state index is 11.3. The van der Waals surface area contributed by atoms with Crippen molar-refractivity contribution in [3.05, 3.63) is 25.9 Å². The van der Waals surface area contributed by atoms with Crippen LogP contribution in [-0.2, 0) is 4.74 Å². The van der Waals surface area contributed by atoms with Gasteiger partial charge in [0.05, 0.1) is 22.5 Å². The summed E-state index contributed by atoms with van der Waals surface area (Å²) in [5.41, 5.74) is 0.344. The molecule has 1 rings (SSSR count). The highest BCUT2D eigenvalue weighted by molar-refractivity contribution is 7.12. The smallest absolute Gasteiger partial charge is 0.348 e. The minimum Gasteiger partial charge on any atom is -0.462 e. The maximum Gasteiger partial charge on any atom is 0.348 e. The number of esters is 1. The van der Waals surface area contributed by atoms with Crippen LogP contribution in [0.2, 0.25) is 0 Å². The van der Waals surface area contributed by atoms with Crippen LogP contribution >= 0.6 is 11.3 Å². The third kappa shape index (κ3) is 1.90. The lowest BCUT2D eigenvalue weighted by atomic mass is 10.2. The number of hydrogen-bond donors (Lipinski definition) is 0. The molecular formula is C8H9NO4S. The van der Waals surface area contributed by atoms with Gasteiger partial charge in [0.15, 0.2) is 0 Å². The number of nitro groups is 1. The molecule has 0 aromatic carbocycles. The molecule has 0 aliphatic carbocycles. The van der Waals surface area contributed by atoms with Crippen molar-refractivity contribution in [2.75, 3.05) is 6.61 Å². The van der Waals surface area contributed by atoms with E-state index >= 15 is 0 Å². The summed E-state index contributed by atoms with van der Waals surface area (Å²) in [4.78, 5) is 21.5. The molecular weight excluding hydrogens is 206 g/mol. The van der Waals surface area contributed by atoms with Crippen molar-refractivity contribution in [3.8, 4) is 0 Å². The zero-order valence-electron chi connectivity index (χ0n) is 7.77. The number of ether oxygens (including phenoxy) is 1. The van der Waals surface area contributed by atoms with E-state index in [-0.39, 0.29) is 12.3 Å². The first kappa shape index (κ1) is 10.6. The van der Waals surface area contributed by atoms with Gasteiger partial charge >= 0.3 is 5.97 Å². The van der Waals surface area contributed by atoms with Crippen LogP contribution in [0.15, 0.2) is 5.38 Å². The van der Waals surface area contributed by atoms with Crippen LogP contribution in [0.1, 0.15) is 22.2 Å². The molecule has 0 saturated carbocycles.